The molecule has 3 aromatic carbocycles. The second kappa shape index (κ2) is 8.30. The molecule has 0 aliphatic rings. The largest absolute Gasteiger partial charge is 0.298 e. The van der Waals surface area contributed by atoms with Gasteiger partial charge >= 0.3 is 0 Å². The molecule has 1 amide bonds. The molecule has 0 saturated carbocycles. The van der Waals surface area contributed by atoms with Crippen LogP contribution in [0.4, 0.5) is 10.8 Å². The highest BCUT2D eigenvalue weighted by Crippen LogP contribution is 2.34. The Morgan fingerprint density at radius 1 is 0.968 bits per heavy atom. The molecule has 6 nitrogen and oxygen atoms in total. The van der Waals surface area contributed by atoms with Gasteiger partial charge in [0.25, 0.3) is 15.9 Å². The maximum atomic E-state index is 12.6. The van der Waals surface area contributed by atoms with E-state index in [1.165, 1.54) is 11.3 Å². The molecular formula is C22H18ClN3O3S2. The average molecular weight is 472 g/mol. The zero-order valence-electron chi connectivity index (χ0n) is 16.6. The Morgan fingerprint density at radius 3 is 2.29 bits per heavy atom. The molecule has 4 aromatic rings. The quantitative estimate of drug-likeness (QED) is 0.395. The highest BCUT2D eigenvalue weighted by Gasteiger charge is 2.16. The number of carbonyl (C=O) groups is 1. The van der Waals surface area contributed by atoms with Crippen molar-refractivity contribution in [1.82, 2.24) is 4.98 Å². The number of hydrogen-bond acceptors (Lipinski definition) is 5. The van der Waals surface area contributed by atoms with E-state index in [-0.39, 0.29) is 10.8 Å². The van der Waals surface area contributed by atoms with E-state index in [9.17, 15) is 13.2 Å². The first-order valence-electron chi connectivity index (χ1n) is 9.29. The van der Waals surface area contributed by atoms with Crippen LogP contribution in [0.3, 0.4) is 0 Å². The van der Waals surface area contributed by atoms with Gasteiger partial charge in [-0.2, -0.15) is 0 Å². The number of thiazole rings is 1. The molecule has 1 aromatic heterocycles. The third kappa shape index (κ3) is 4.56. The van der Waals surface area contributed by atoms with E-state index in [1.807, 2.05) is 19.9 Å². The molecule has 0 unspecified atom stereocenters. The molecule has 0 atom stereocenters. The van der Waals surface area contributed by atoms with E-state index in [2.05, 4.69) is 15.0 Å². The Kier molecular flexibility index (Phi) is 5.70. The normalized spacial score (nSPS) is 11.5. The molecule has 4 rings (SSSR count). The van der Waals surface area contributed by atoms with E-state index in [4.69, 9.17) is 11.6 Å². The van der Waals surface area contributed by atoms with Gasteiger partial charge in [-0.25, -0.2) is 13.4 Å². The first kappa shape index (κ1) is 21.3. The Hall–Kier alpha value is -2.94. The van der Waals surface area contributed by atoms with Gasteiger partial charge in [-0.05, 0) is 61.9 Å². The molecule has 31 heavy (non-hydrogen) atoms. The van der Waals surface area contributed by atoms with Crippen molar-refractivity contribution in [2.75, 3.05) is 10.0 Å². The lowest BCUT2D eigenvalue weighted by Gasteiger charge is -2.09. The number of anilines is 2. The number of nitrogens with one attached hydrogen (secondary N) is 2. The minimum atomic E-state index is -3.71. The third-order valence-corrected chi connectivity index (χ3v) is 7.48. The SMILES string of the molecule is Cc1ccc(S(=O)(=O)Nc2ccc(C(=O)Nc3nc4c(C)ccc(Cl)c4s3)cc2)cc1. The number of nitrogens with zero attached hydrogens (tertiary/aromatic N) is 1. The number of halogens is 1. The predicted octanol–water partition coefficient (Wildman–Crippen LogP) is 5.62. The Bertz CT molecular complexity index is 1340. The highest BCUT2D eigenvalue weighted by atomic mass is 35.5. The summed E-state index contributed by atoms with van der Waals surface area (Å²) in [4.78, 5) is 17.2. The van der Waals surface area contributed by atoms with Gasteiger partial charge in [0.05, 0.1) is 20.1 Å². The Labute approximate surface area is 189 Å². The Morgan fingerprint density at radius 2 is 1.65 bits per heavy atom. The average Bonchev–Trinajstić information content (AvgIpc) is 3.16. The van der Waals surface area contributed by atoms with Gasteiger partial charge in [0.15, 0.2) is 5.13 Å². The summed E-state index contributed by atoms with van der Waals surface area (Å²) < 4.78 is 28.3. The lowest BCUT2D eigenvalue weighted by Crippen LogP contribution is -2.14. The van der Waals surface area contributed by atoms with Gasteiger partial charge < -0.3 is 0 Å². The summed E-state index contributed by atoms with van der Waals surface area (Å²) in [5, 5.41) is 3.80. The molecule has 0 aliphatic heterocycles. The number of hydrogen-bond donors (Lipinski definition) is 2. The maximum absolute atomic E-state index is 12.6. The van der Waals surface area contributed by atoms with Crippen LogP contribution in [0.25, 0.3) is 10.2 Å². The van der Waals surface area contributed by atoms with Crippen LogP contribution in [-0.2, 0) is 10.0 Å². The van der Waals surface area contributed by atoms with Crippen LogP contribution in [0.5, 0.6) is 0 Å². The van der Waals surface area contributed by atoms with Crippen molar-refractivity contribution in [3.8, 4) is 0 Å². The first-order valence-corrected chi connectivity index (χ1v) is 12.0. The maximum Gasteiger partial charge on any atom is 0.261 e. The molecule has 0 aliphatic carbocycles. The molecule has 0 spiro atoms. The van der Waals surface area contributed by atoms with Crippen molar-refractivity contribution in [3.05, 3.63) is 82.4 Å². The summed E-state index contributed by atoms with van der Waals surface area (Å²) in [6.45, 7) is 3.82. The van der Waals surface area contributed by atoms with E-state index < -0.39 is 10.0 Å². The minimum Gasteiger partial charge on any atom is -0.298 e. The van der Waals surface area contributed by atoms with Gasteiger partial charge in [0, 0.05) is 11.3 Å². The smallest absolute Gasteiger partial charge is 0.261 e. The number of amides is 1. The molecule has 0 saturated heterocycles. The summed E-state index contributed by atoms with van der Waals surface area (Å²) in [6.07, 6.45) is 0. The molecule has 9 heteroatoms. The fraction of sp³-hybridized carbons (Fsp3) is 0.0909. The number of sulfonamides is 1. The third-order valence-electron chi connectivity index (χ3n) is 4.65. The summed E-state index contributed by atoms with van der Waals surface area (Å²) in [5.41, 5.74) is 3.44. The number of aryl methyl sites for hydroxylation is 2. The number of rotatable bonds is 5. The topological polar surface area (TPSA) is 88.2 Å². The van der Waals surface area contributed by atoms with Crippen LogP contribution in [0, 0.1) is 13.8 Å². The summed E-state index contributed by atoms with van der Waals surface area (Å²) >= 11 is 7.52. The predicted molar refractivity (Wildman–Crippen MR) is 126 cm³/mol. The van der Waals surface area contributed by atoms with Crippen molar-refractivity contribution in [3.63, 3.8) is 0 Å². The van der Waals surface area contributed by atoms with Crippen LogP contribution in [0.2, 0.25) is 5.02 Å². The van der Waals surface area contributed by atoms with Gasteiger partial charge in [-0.15, -0.1) is 0 Å². The molecule has 2 N–H and O–H groups in total. The van der Waals surface area contributed by atoms with Crippen molar-refractivity contribution < 1.29 is 13.2 Å². The van der Waals surface area contributed by atoms with Crippen molar-refractivity contribution in [1.29, 1.82) is 0 Å². The van der Waals surface area contributed by atoms with Crippen molar-refractivity contribution >= 4 is 59.9 Å². The fourth-order valence-corrected chi connectivity index (χ4v) is 5.22. The molecule has 0 radical (unpaired) electrons. The van der Waals surface area contributed by atoms with E-state index >= 15 is 0 Å². The van der Waals surface area contributed by atoms with Gasteiger partial charge in [-0.1, -0.05) is 46.7 Å². The van der Waals surface area contributed by atoms with Crippen LogP contribution in [-0.4, -0.2) is 19.3 Å². The Balaban J connectivity index is 1.49. The zero-order valence-corrected chi connectivity index (χ0v) is 19.0. The summed E-state index contributed by atoms with van der Waals surface area (Å²) in [5.74, 6) is -0.347. The molecule has 158 valence electrons. The number of benzene rings is 3. The van der Waals surface area contributed by atoms with Gasteiger partial charge in [-0.3, -0.25) is 14.8 Å². The molecule has 0 bridgehead atoms. The van der Waals surface area contributed by atoms with Crippen LogP contribution in [0.15, 0.2) is 65.6 Å². The minimum absolute atomic E-state index is 0.171. The van der Waals surface area contributed by atoms with Crippen LogP contribution >= 0.6 is 22.9 Å². The second-order valence-electron chi connectivity index (χ2n) is 7.01. The van der Waals surface area contributed by atoms with E-state index in [1.54, 1.807) is 54.6 Å². The fourth-order valence-electron chi connectivity index (χ4n) is 2.95. The summed E-state index contributed by atoms with van der Waals surface area (Å²) in [7, 11) is -3.71. The van der Waals surface area contributed by atoms with Crippen molar-refractivity contribution in [2.24, 2.45) is 0 Å². The lowest BCUT2D eigenvalue weighted by atomic mass is 10.2. The first-order chi connectivity index (χ1) is 14.7. The number of aromatic nitrogens is 1. The second-order valence-corrected chi connectivity index (χ2v) is 10.1. The van der Waals surface area contributed by atoms with Gasteiger partial charge in [0.2, 0.25) is 0 Å². The zero-order chi connectivity index (χ0) is 22.2. The molecular weight excluding hydrogens is 454 g/mol. The number of carbonyl (C=O) groups excluding carboxylic acids is 1. The van der Waals surface area contributed by atoms with Gasteiger partial charge in [0.1, 0.15) is 0 Å². The van der Waals surface area contributed by atoms with Crippen molar-refractivity contribution in [2.45, 2.75) is 18.7 Å². The molecule has 0 fully saturated rings. The van der Waals surface area contributed by atoms with Crippen LogP contribution < -0.4 is 10.0 Å². The van der Waals surface area contributed by atoms with E-state index in [0.717, 1.165) is 21.3 Å². The standard InChI is InChI=1S/C22H18ClN3O3S2/c1-13-3-10-17(11-4-13)31(28,29)26-16-8-6-15(7-9-16)21(27)25-22-24-19-14(2)5-12-18(23)20(19)30-22/h3-12,26H,1-2H3,(H,24,25,27). The summed E-state index contributed by atoms with van der Waals surface area (Å²) in [6, 6.07) is 16.4. The number of fused-ring (bicyclic) bond motifs is 1. The lowest BCUT2D eigenvalue weighted by molar-refractivity contribution is 0.102. The highest BCUT2D eigenvalue weighted by molar-refractivity contribution is 7.92. The molecule has 1 heterocycles. The monoisotopic (exact) mass is 471 g/mol. The van der Waals surface area contributed by atoms with Crippen LogP contribution in [0.1, 0.15) is 21.5 Å². The van der Waals surface area contributed by atoms with E-state index in [0.29, 0.717) is 21.4 Å².